The average molecular weight is 619 g/mol. The number of hydrogen-bond donors (Lipinski definition) is 1. The third kappa shape index (κ3) is 7.72. The van der Waals surface area contributed by atoms with E-state index in [1.165, 1.54) is 18.3 Å². The van der Waals surface area contributed by atoms with Gasteiger partial charge in [-0.2, -0.15) is 0 Å². The highest BCUT2D eigenvalue weighted by Gasteiger charge is 2.29. The molecule has 0 radical (unpaired) electrons. The molecule has 1 aliphatic rings. The first-order valence-electron chi connectivity index (χ1n) is 14.4. The van der Waals surface area contributed by atoms with Crippen LogP contribution in [-0.4, -0.2) is 37.4 Å². The van der Waals surface area contributed by atoms with Crippen LogP contribution in [0.2, 0.25) is 5.02 Å². The summed E-state index contributed by atoms with van der Waals surface area (Å²) in [5.41, 5.74) is 2.76. The van der Waals surface area contributed by atoms with E-state index in [1.807, 2.05) is 48.5 Å². The van der Waals surface area contributed by atoms with Gasteiger partial charge in [0.15, 0.2) is 0 Å². The first kappa shape index (κ1) is 30.5. The van der Waals surface area contributed by atoms with Crippen molar-refractivity contribution in [3.63, 3.8) is 0 Å². The smallest absolute Gasteiger partial charge is 0.268 e. The van der Waals surface area contributed by atoms with Crippen molar-refractivity contribution in [2.24, 2.45) is 5.92 Å². The highest BCUT2D eigenvalue weighted by Crippen LogP contribution is 2.35. The summed E-state index contributed by atoms with van der Waals surface area (Å²) in [5, 5.41) is 0.673. The number of halogens is 1. The molecule has 1 aromatic heterocycles. The number of amides is 1. The highest BCUT2D eigenvalue weighted by molar-refractivity contribution is 7.90. The fourth-order valence-corrected chi connectivity index (χ4v) is 6.19. The Hall–Kier alpha value is -3.95. The Balaban J connectivity index is 1.41. The van der Waals surface area contributed by atoms with E-state index in [1.54, 1.807) is 18.2 Å². The Kier molecular flexibility index (Phi) is 9.62. The molecule has 2 heterocycles. The Labute approximate surface area is 258 Å². The van der Waals surface area contributed by atoms with E-state index in [4.69, 9.17) is 21.3 Å². The number of aryl methyl sites for hydroxylation is 2. The van der Waals surface area contributed by atoms with E-state index in [9.17, 15) is 13.2 Å². The molecule has 43 heavy (non-hydrogen) atoms. The molecule has 0 unspecified atom stereocenters. The van der Waals surface area contributed by atoms with Crippen molar-refractivity contribution in [3.8, 4) is 5.75 Å². The van der Waals surface area contributed by atoms with Crippen LogP contribution in [0.4, 0.5) is 5.95 Å². The summed E-state index contributed by atoms with van der Waals surface area (Å²) in [6.07, 6.45) is 4.34. The zero-order valence-corrected chi connectivity index (χ0v) is 25.8. The van der Waals surface area contributed by atoms with Gasteiger partial charge >= 0.3 is 0 Å². The molecular weight excluding hydrogens is 584 g/mol. The number of sulfonamides is 1. The second-order valence-corrected chi connectivity index (χ2v) is 13.1. The zero-order valence-electron chi connectivity index (χ0n) is 24.2. The number of ether oxygens (including phenoxy) is 1. The first-order chi connectivity index (χ1) is 20.7. The molecule has 8 nitrogen and oxygen atoms in total. The van der Waals surface area contributed by atoms with Gasteiger partial charge in [0.05, 0.1) is 28.8 Å². The molecule has 4 aromatic rings. The van der Waals surface area contributed by atoms with E-state index in [-0.39, 0.29) is 16.5 Å². The van der Waals surface area contributed by atoms with E-state index in [0.717, 1.165) is 36.3 Å². The third-order valence-electron chi connectivity index (χ3n) is 7.30. The van der Waals surface area contributed by atoms with Crippen LogP contribution in [0.15, 0.2) is 90.0 Å². The predicted molar refractivity (Wildman–Crippen MR) is 168 cm³/mol. The minimum absolute atomic E-state index is 0.00471. The SMILES string of the molecule is CC(C)COc1ccc(CCc2nc(N3CCC[C@H]3c3ccc(Cl)cc3)ncc2C(=O)NS(=O)(=O)c2ccccc2)cc1. The third-order valence-corrected chi connectivity index (χ3v) is 8.90. The van der Waals surface area contributed by atoms with Crippen molar-refractivity contribution in [3.05, 3.63) is 112 Å². The Morgan fingerprint density at radius 2 is 1.74 bits per heavy atom. The minimum atomic E-state index is -4.07. The average Bonchev–Trinajstić information content (AvgIpc) is 3.50. The molecule has 1 atom stereocenters. The molecule has 1 saturated heterocycles. The van der Waals surface area contributed by atoms with Crippen molar-refractivity contribution < 1.29 is 17.9 Å². The second kappa shape index (κ2) is 13.6. The number of aromatic nitrogens is 2. The van der Waals surface area contributed by atoms with E-state index in [2.05, 4.69) is 28.5 Å². The normalized spacial score (nSPS) is 15.1. The number of carbonyl (C=O) groups excluding carboxylic acids is 1. The lowest BCUT2D eigenvalue weighted by Gasteiger charge is -2.26. The fraction of sp³-hybridized carbons (Fsp3) is 0.303. The van der Waals surface area contributed by atoms with Crippen LogP contribution in [0.25, 0.3) is 0 Å². The lowest BCUT2D eigenvalue weighted by atomic mass is 10.0. The van der Waals surface area contributed by atoms with Gasteiger partial charge in [0, 0.05) is 17.8 Å². The number of nitrogens with one attached hydrogen (secondary N) is 1. The Bertz CT molecular complexity index is 1650. The van der Waals surface area contributed by atoms with Gasteiger partial charge in [-0.25, -0.2) is 23.1 Å². The molecule has 1 fully saturated rings. The summed E-state index contributed by atoms with van der Waals surface area (Å²) in [6, 6.07) is 23.5. The molecule has 5 rings (SSSR count). The van der Waals surface area contributed by atoms with Crippen molar-refractivity contribution in [2.45, 2.75) is 50.5 Å². The number of hydrogen-bond acceptors (Lipinski definition) is 7. The van der Waals surface area contributed by atoms with Gasteiger partial charge in [-0.1, -0.05) is 67.9 Å². The molecule has 0 spiro atoms. The maximum Gasteiger partial charge on any atom is 0.268 e. The number of anilines is 1. The molecule has 224 valence electrons. The second-order valence-electron chi connectivity index (χ2n) is 11.0. The Morgan fingerprint density at radius 3 is 2.44 bits per heavy atom. The van der Waals surface area contributed by atoms with Gasteiger partial charge in [0.2, 0.25) is 5.95 Å². The van der Waals surface area contributed by atoms with E-state index >= 15 is 0 Å². The summed E-state index contributed by atoms with van der Waals surface area (Å²) in [5.74, 6) is 0.970. The summed E-state index contributed by atoms with van der Waals surface area (Å²) < 4.78 is 33.9. The lowest BCUT2D eigenvalue weighted by molar-refractivity contribution is 0.0979. The van der Waals surface area contributed by atoms with Gasteiger partial charge in [-0.15, -0.1) is 0 Å². The number of benzene rings is 3. The van der Waals surface area contributed by atoms with E-state index < -0.39 is 15.9 Å². The van der Waals surface area contributed by atoms with Crippen LogP contribution in [-0.2, 0) is 22.9 Å². The molecule has 0 saturated carbocycles. The van der Waals surface area contributed by atoms with Gasteiger partial charge in [0.1, 0.15) is 5.75 Å². The van der Waals surface area contributed by atoms with Crippen molar-refractivity contribution in [1.82, 2.24) is 14.7 Å². The number of carbonyl (C=O) groups is 1. The van der Waals surface area contributed by atoms with Crippen LogP contribution in [0.3, 0.4) is 0 Å². The molecular formula is C33H35ClN4O4S. The fourth-order valence-electron chi connectivity index (χ4n) is 5.08. The maximum absolute atomic E-state index is 13.4. The van der Waals surface area contributed by atoms with Gasteiger partial charge < -0.3 is 9.64 Å². The Morgan fingerprint density at radius 1 is 1.02 bits per heavy atom. The van der Waals surface area contributed by atoms with Gasteiger partial charge in [0.25, 0.3) is 15.9 Å². The predicted octanol–water partition coefficient (Wildman–Crippen LogP) is 6.41. The van der Waals surface area contributed by atoms with Crippen LogP contribution in [0.1, 0.15) is 59.9 Å². The first-order valence-corrected chi connectivity index (χ1v) is 16.3. The standard InChI is InChI=1S/C33H35ClN4O4S/c1-23(2)22-42-27-17-10-24(11-18-27)12-19-30-29(32(39)37-43(40,41)28-7-4-3-5-8-28)21-35-33(36-30)38-20-6-9-31(38)25-13-15-26(34)16-14-25/h3-5,7-8,10-11,13-18,21,23,31H,6,9,12,19-20,22H2,1-2H3,(H,37,39)/t31-/m0/s1. The maximum atomic E-state index is 13.4. The molecule has 1 N–H and O–H groups in total. The van der Waals surface area contributed by atoms with Crippen LogP contribution < -0.4 is 14.4 Å². The zero-order chi connectivity index (χ0) is 30.4. The van der Waals surface area contributed by atoms with Crippen LogP contribution >= 0.6 is 11.6 Å². The summed E-state index contributed by atoms with van der Waals surface area (Å²) in [7, 11) is -4.07. The minimum Gasteiger partial charge on any atom is -0.493 e. The summed E-state index contributed by atoms with van der Waals surface area (Å²) >= 11 is 6.12. The monoisotopic (exact) mass is 618 g/mol. The summed E-state index contributed by atoms with van der Waals surface area (Å²) in [6.45, 7) is 5.60. The van der Waals surface area contributed by atoms with Crippen molar-refractivity contribution in [2.75, 3.05) is 18.1 Å². The number of nitrogens with zero attached hydrogens (tertiary/aromatic N) is 3. The van der Waals surface area contributed by atoms with Gasteiger partial charge in [-0.05, 0) is 79.1 Å². The molecule has 3 aromatic carbocycles. The molecule has 0 aliphatic carbocycles. The molecule has 1 aliphatic heterocycles. The molecule has 0 bridgehead atoms. The topological polar surface area (TPSA) is 101 Å². The molecule has 1 amide bonds. The van der Waals surface area contributed by atoms with Crippen molar-refractivity contribution >= 4 is 33.5 Å². The van der Waals surface area contributed by atoms with Gasteiger partial charge in [-0.3, -0.25) is 4.79 Å². The van der Waals surface area contributed by atoms with Crippen LogP contribution in [0.5, 0.6) is 5.75 Å². The highest BCUT2D eigenvalue weighted by atomic mass is 35.5. The van der Waals surface area contributed by atoms with Crippen molar-refractivity contribution in [1.29, 1.82) is 0 Å². The quantitative estimate of drug-likeness (QED) is 0.207. The summed E-state index contributed by atoms with van der Waals surface area (Å²) in [4.78, 5) is 24.9. The number of rotatable bonds is 11. The van der Waals surface area contributed by atoms with E-state index in [0.29, 0.717) is 42.0 Å². The largest absolute Gasteiger partial charge is 0.493 e. The van der Waals surface area contributed by atoms with Crippen LogP contribution in [0, 0.1) is 5.92 Å². The lowest BCUT2D eigenvalue weighted by Crippen LogP contribution is -2.32. The molecule has 10 heteroatoms.